The van der Waals surface area contributed by atoms with E-state index in [1.54, 1.807) is 6.07 Å². The van der Waals surface area contributed by atoms with Crippen LogP contribution in [0.15, 0.2) is 43.5 Å². The SMILES string of the molecule is C=CCN(CC=C)[C@@H](CNc1ccc([N+](=O)[O-])cc1C#N)C(C)C. The Morgan fingerprint density at radius 1 is 1.38 bits per heavy atom. The molecule has 1 aromatic carbocycles. The highest BCUT2D eigenvalue weighted by atomic mass is 16.6. The molecule has 0 radical (unpaired) electrons. The van der Waals surface area contributed by atoms with E-state index in [0.717, 1.165) is 13.1 Å². The maximum atomic E-state index is 10.8. The van der Waals surface area contributed by atoms with Crippen LogP contribution in [-0.2, 0) is 0 Å². The summed E-state index contributed by atoms with van der Waals surface area (Å²) >= 11 is 0. The second kappa shape index (κ2) is 9.48. The monoisotopic (exact) mass is 328 g/mol. The first-order valence-electron chi connectivity index (χ1n) is 7.82. The molecular formula is C18H24N4O2. The van der Waals surface area contributed by atoms with Crippen molar-refractivity contribution in [3.05, 3.63) is 59.2 Å². The van der Waals surface area contributed by atoms with Crippen molar-refractivity contribution in [3.63, 3.8) is 0 Å². The molecule has 1 N–H and O–H groups in total. The molecule has 0 fully saturated rings. The summed E-state index contributed by atoms with van der Waals surface area (Å²) in [5.74, 6) is 0.376. The van der Waals surface area contributed by atoms with Gasteiger partial charge in [0.2, 0.25) is 0 Å². The van der Waals surface area contributed by atoms with Crippen molar-refractivity contribution in [2.45, 2.75) is 19.9 Å². The summed E-state index contributed by atoms with van der Waals surface area (Å²) in [6.45, 7) is 13.9. The summed E-state index contributed by atoms with van der Waals surface area (Å²) in [6, 6.07) is 6.50. The van der Waals surface area contributed by atoms with Crippen LogP contribution < -0.4 is 5.32 Å². The van der Waals surface area contributed by atoms with Gasteiger partial charge in [-0.25, -0.2) is 0 Å². The second-order valence-corrected chi connectivity index (χ2v) is 5.82. The fourth-order valence-corrected chi connectivity index (χ4v) is 2.57. The van der Waals surface area contributed by atoms with Crippen LogP contribution in [0.2, 0.25) is 0 Å². The first-order chi connectivity index (χ1) is 11.4. The number of non-ortho nitro benzene ring substituents is 1. The molecule has 0 spiro atoms. The van der Waals surface area contributed by atoms with Gasteiger partial charge in [0.1, 0.15) is 6.07 Å². The smallest absolute Gasteiger partial charge is 0.270 e. The van der Waals surface area contributed by atoms with Crippen molar-refractivity contribution >= 4 is 11.4 Å². The Kier molecular flexibility index (Phi) is 7.66. The van der Waals surface area contributed by atoms with E-state index in [1.807, 2.05) is 18.2 Å². The van der Waals surface area contributed by atoms with Gasteiger partial charge in [-0.3, -0.25) is 15.0 Å². The molecule has 0 aromatic heterocycles. The number of nitrogens with zero attached hydrogens (tertiary/aromatic N) is 3. The van der Waals surface area contributed by atoms with E-state index in [4.69, 9.17) is 0 Å². The van der Waals surface area contributed by atoms with Crippen LogP contribution >= 0.6 is 0 Å². The van der Waals surface area contributed by atoms with Gasteiger partial charge in [-0.15, -0.1) is 13.2 Å². The Hall–Kier alpha value is -2.65. The van der Waals surface area contributed by atoms with E-state index in [2.05, 4.69) is 37.2 Å². The Balaban J connectivity index is 2.94. The normalized spacial score (nSPS) is 11.8. The molecule has 6 heteroatoms. The number of anilines is 1. The molecule has 0 bridgehead atoms. The third-order valence-electron chi connectivity index (χ3n) is 3.80. The molecule has 0 aliphatic carbocycles. The first-order valence-corrected chi connectivity index (χ1v) is 7.82. The van der Waals surface area contributed by atoms with Gasteiger partial charge in [0.05, 0.1) is 16.2 Å². The maximum Gasteiger partial charge on any atom is 0.270 e. The lowest BCUT2D eigenvalue weighted by Crippen LogP contribution is -2.43. The van der Waals surface area contributed by atoms with Crippen LogP contribution in [-0.4, -0.2) is 35.5 Å². The van der Waals surface area contributed by atoms with Crippen molar-refractivity contribution < 1.29 is 4.92 Å². The topological polar surface area (TPSA) is 82.2 Å². The minimum atomic E-state index is -0.503. The highest BCUT2D eigenvalue weighted by Crippen LogP contribution is 2.22. The van der Waals surface area contributed by atoms with Crippen LogP contribution in [0.3, 0.4) is 0 Å². The van der Waals surface area contributed by atoms with Gasteiger partial charge in [0.15, 0.2) is 0 Å². The minimum absolute atomic E-state index is 0.0857. The van der Waals surface area contributed by atoms with Crippen LogP contribution in [0.25, 0.3) is 0 Å². The number of nitro groups is 1. The summed E-state index contributed by atoms with van der Waals surface area (Å²) in [5, 5.41) is 23.3. The van der Waals surface area contributed by atoms with Crippen molar-refractivity contribution in [2.75, 3.05) is 25.0 Å². The molecule has 0 saturated carbocycles. The molecule has 0 aliphatic heterocycles. The zero-order chi connectivity index (χ0) is 18.1. The van der Waals surface area contributed by atoms with E-state index in [1.165, 1.54) is 12.1 Å². The molecular weight excluding hydrogens is 304 g/mol. The van der Waals surface area contributed by atoms with Crippen molar-refractivity contribution in [1.82, 2.24) is 4.90 Å². The van der Waals surface area contributed by atoms with E-state index in [9.17, 15) is 15.4 Å². The molecule has 0 aliphatic rings. The van der Waals surface area contributed by atoms with Crippen molar-refractivity contribution in [2.24, 2.45) is 5.92 Å². The largest absolute Gasteiger partial charge is 0.382 e. The summed E-state index contributed by atoms with van der Waals surface area (Å²) in [5.41, 5.74) is 0.786. The van der Waals surface area contributed by atoms with Gasteiger partial charge >= 0.3 is 0 Å². The molecule has 1 rings (SSSR count). The second-order valence-electron chi connectivity index (χ2n) is 5.82. The third kappa shape index (κ3) is 5.21. The maximum absolute atomic E-state index is 10.8. The summed E-state index contributed by atoms with van der Waals surface area (Å²) in [7, 11) is 0. The van der Waals surface area contributed by atoms with Crippen LogP contribution in [0.5, 0.6) is 0 Å². The fraction of sp³-hybridized carbons (Fsp3) is 0.389. The third-order valence-corrected chi connectivity index (χ3v) is 3.80. The highest BCUT2D eigenvalue weighted by Gasteiger charge is 2.20. The molecule has 0 heterocycles. The summed E-state index contributed by atoms with van der Waals surface area (Å²) in [6.07, 6.45) is 3.71. The van der Waals surface area contributed by atoms with Gasteiger partial charge in [-0.1, -0.05) is 26.0 Å². The van der Waals surface area contributed by atoms with Gasteiger partial charge in [-0.05, 0) is 12.0 Å². The summed E-state index contributed by atoms with van der Waals surface area (Å²) in [4.78, 5) is 12.6. The Morgan fingerprint density at radius 2 is 2.00 bits per heavy atom. The predicted octanol–water partition coefficient (Wildman–Crippen LogP) is 3.58. The van der Waals surface area contributed by atoms with Gasteiger partial charge < -0.3 is 5.32 Å². The highest BCUT2D eigenvalue weighted by molar-refractivity contribution is 5.61. The first kappa shape index (κ1) is 19.4. The molecule has 0 saturated heterocycles. The Labute approximate surface area is 143 Å². The molecule has 1 atom stereocenters. The minimum Gasteiger partial charge on any atom is -0.382 e. The lowest BCUT2D eigenvalue weighted by Gasteiger charge is -2.33. The van der Waals surface area contributed by atoms with Gasteiger partial charge in [0.25, 0.3) is 5.69 Å². The molecule has 128 valence electrons. The van der Waals surface area contributed by atoms with Crippen LogP contribution in [0, 0.1) is 27.4 Å². The zero-order valence-corrected chi connectivity index (χ0v) is 14.2. The number of hydrogen-bond donors (Lipinski definition) is 1. The van der Waals surface area contributed by atoms with E-state index >= 15 is 0 Å². The fourth-order valence-electron chi connectivity index (χ4n) is 2.57. The van der Waals surface area contributed by atoms with Gasteiger partial charge in [-0.2, -0.15) is 5.26 Å². The average molecular weight is 328 g/mol. The van der Waals surface area contributed by atoms with Crippen molar-refractivity contribution in [1.29, 1.82) is 5.26 Å². The lowest BCUT2D eigenvalue weighted by molar-refractivity contribution is -0.384. The Bertz CT molecular complexity index is 624. The van der Waals surface area contributed by atoms with Crippen LogP contribution in [0.4, 0.5) is 11.4 Å². The quantitative estimate of drug-likeness (QED) is 0.403. The van der Waals surface area contributed by atoms with E-state index in [-0.39, 0.29) is 17.3 Å². The number of nitro benzene ring substituents is 1. The standard InChI is InChI=1S/C18H24N4O2/c1-5-9-21(10-6-2)18(14(3)4)13-20-17-8-7-16(22(23)24)11-15(17)12-19/h5-8,11,14,18,20H,1-2,9-10,13H2,3-4H3/t18-/m0/s1. The van der Waals surface area contributed by atoms with Crippen LogP contribution in [0.1, 0.15) is 19.4 Å². The van der Waals surface area contributed by atoms with Crippen molar-refractivity contribution in [3.8, 4) is 6.07 Å². The molecule has 1 aromatic rings. The number of benzene rings is 1. The molecule has 0 unspecified atom stereocenters. The summed E-state index contributed by atoms with van der Waals surface area (Å²) < 4.78 is 0. The molecule has 24 heavy (non-hydrogen) atoms. The van der Waals surface area contributed by atoms with E-state index in [0.29, 0.717) is 18.2 Å². The zero-order valence-electron chi connectivity index (χ0n) is 14.2. The molecule has 6 nitrogen and oxygen atoms in total. The molecule has 0 amide bonds. The number of nitrogens with one attached hydrogen (secondary N) is 1. The average Bonchev–Trinajstić information content (AvgIpc) is 2.55. The number of nitriles is 1. The predicted molar refractivity (Wildman–Crippen MR) is 96.9 cm³/mol. The van der Waals surface area contributed by atoms with E-state index < -0.39 is 4.92 Å². The lowest BCUT2D eigenvalue weighted by atomic mass is 10.0. The van der Waals surface area contributed by atoms with Gasteiger partial charge in [0, 0.05) is 37.8 Å². The Morgan fingerprint density at radius 3 is 2.46 bits per heavy atom. The number of rotatable bonds is 10. The number of hydrogen-bond acceptors (Lipinski definition) is 5.